The summed E-state index contributed by atoms with van der Waals surface area (Å²) in [6.07, 6.45) is 2.69. The summed E-state index contributed by atoms with van der Waals surface area (Å²) in [5.74, 6) is 0.818. The lowest BCUT2D eigenvalue weighted by molar-refractivity contribution is 0.385. The summed E-state index contributed by atoms with van der Waals surface area (Å²) in [5.41, 5.74) is 1.47. The molecule has 10 heavy (non-hydrogen) atoms. The molecule has 0 aliphatic carbocycles. The van der Waals surface area contributed by atoms with Crippen LogP contribution in [0, 0.1) is 5.92 Å². The SMILES string of the molecule is CN1CC2=NCCCC2C1. The van der Waals surface area contributed by atoms with E-state index in [-0.39, 0.29) is 0 Å². The van der Waals surface area contributed by atoms with Crippen LogP contribution in [0.2, 0.25) is 0 Å². The first kappa shape index (κ1) is 6.35. The minimum atomic E-state index is 0.818. The average molecular weight is 138 g/mol. The van der Waals surface area contributed by atoms with Crippen molar-refractivity contribution in [1.29, 1.82) is 0 Å². The molecule has 0 aromatic carbocycles. The molecule has 2 heteroatoms. The van der Waals surface area contributed by atoms with Crippen LogP contribution in [0.15, 0.2) is 4.99 Å². The molecule has 2 nitrogen and oxygen atoms in total. The molecular weight excluding hydrogens is 124 g/mol. The quantitative estimate of drug-likeness (QED) is 0.483. The van der Waals surface area contributed by atoms with E-state index in [1.165, 1.54) is 25.1 Å². The maximum Gasteiger partial charge on any atom is 0.0389 e. The van der Waals surface area contributed by atoms with Gasteiger partial charge in [-0.15, -0.1) is 0 Å². The fraction of sp³-hybridized carbons (Fsp3) is 0.875. The molecule has 0 bridgehead atoms. The first-order valence-corrected chi connectivity index (χ1v) is 4.08. The second-order valence-corrected chi connectivity index (χ2v) is 3.41. The largest absolute Gasteiger partial charge is 0.300 e. The number of hydrogen-bond acceptors (Lipinski definition) is 2. The van der Waals surface area contributed by atoms with Crippen molar-refractivity contribution >= 4 is 5.71 Å². The smallest absolute Gasteiger partial charge is 0.0389 e. The van der Waals surface area contributed by atoms with E-state index in [1.807, 2.05) is 0 Å². The molecule has 2 aliphatic heterocycles. The average Bonchev–Trinajstić information content (AvgIpc) is 2.27. The highest BCUT2D eigenvalue weighted by Gasteiger charge is 2.27. The molecular formula is C8H14N2. The Labute approximate surface area is 61.9 Å². The molecule has 0 amide bonds. The summed E-state index contributed by atoms with van der Waals surface area (Å²) in [6.45, 7) is 3.46. The van der Waals surface area contributed by atoms with Crippen molar-refractivity contribution in [3.05, 3.63) is 0 Å². The normalized spacial score (nSPS) is 33.7. The van der Waals surface area contributed by atoms with Crippen LogP contribution in [0.5, 0.6) is 0 Å². The van der Waals surface area contributed by atoms with Crippen LogP contribution in [-0.4, -0.2) is 37.3 Å². The van der Waals surface area contributed by atoms with E-state index in [0.717, 1.165) is 19.0 Å². The third-order valence-electron chi connectivity index (χ3n) is 2.46. The Morgan fingerprint density at radius 1 is 1.60 bits per heavy atom. The van der Waals surface area contributed by atoms with Crippen LogP contribution in [0.25, 0.3) is 0 Å². The molecule has 0 spiro atoms. The van der Waals surface area contributed by atoms with Crippen LogP contribution >= 0.6 is 0 Å². The van der Waals surface area contributed by atoms with Crippen molar-refractivity contribution in [2.45, 2.75) is 12.8 Å². The molecule has 1 fully saturated rings. The van der Waals surface area contributed by atoms with Crippen molar-refractivity contribution in [3.63, 3.8) is 0 Å². The topological polar surface area (TPSA) is 15.6 Å². The van der Waals surface area contributed by atoms with Crippen molar-refractivity contribution < 1.29 is 0 Å². The van der Waals surface area contributed by atoms with Gasteiger partial charge in [0, 0.05) is 31.3 Å². The zero-order chi connectivity index (χ0) is 6.97. The minimum absolute atomic E-state index is 0.818. The van der Waals surface area contributed by atoms with Gasteiger partial charge in [-0.05, 0) is 19.9 Å². The lowest BCUT2D eigenvalue weighted by Crippen LogP contribution is -2.16. The summed E-state index contributed by atoms with van der Waals surface area (Å²) >= 11 is 0. The van der Waals surface area contributed by atoms with Gasteiger partial charge in [0.2, 0.25) is 0 Å². The van der Waals surface area contributed by atoms with E-state index in [1.54, 1.807) is 0 Å². The third kappa shape index (κ3) is 0.966. The van der Waals surface area contributed by atoms with Crippen molar-refractivity contribution in [3.8, 4) is 0 Å². The van der Waals surface area contributed by atoms with Crippen LogP contribution in [-0.2, 0) is 0 Å². The number of hydrogen-bond donors (Lipinski definition) is 0. The highest BCUT2D eigenvalue weighted by Crippen LogP contribution is 2.21. The second kappa shape index (κ2) is 2.35. The number of rotatable bonds is 0. The summed E-state index contributed by atoms with van der Waals surface area (Å²) in [4.78, 5) is 6.89. The molecule has 1 atom stereocenters. The van der Waals surface area contributed by atoms with Crippen LogP contribution in [0.4, 0.5) is 0 Å². The first-order valence-electron chi connectivity index (χ1n) is 4.08. The van der Waals surface area contributed by atoms with Crippen LogP contribution in [0.3, 0.4) is 0 Å². The van der Waals surface area contributed by atoms with Gasteiger partial charge in [0.05, 0.1) is 0 Å². The Balaban J connectivity index is 2.13. The fourth-order valence-electron chi connectivity index (χ4n) is 1.95. The molecule has 56 valence electrons. The van der Waals surface area contributed by atoms with Gasteiger partial charge in [0.1, 0.15) is 0 Å². The number of fused-ring (bicyclic) bond motifs is 1. The Hall–Kier alpha value is -0.370. The predicted molar refractivity (Wildman–Crippen MR) is 42.5 cm³/mol. The summed E-state index contributed by atoms with van der Waals surface area (Å²) in [7, 11) is 2.18. The molecule has 0 aromatic rings. The van der Waals surface area contributed by atoms with Gasteiger partial charge in [-0.3, -0.25) is 4.99 Å². The number of aliphatic imine (C=N–C) groups is 1. The van der Waals surface area contributed by atoms with Crippen molar-refractivity contribution in [2.75, 3.05) is 26.7 Å². The van der Waals surface area contributed by atoms with Crippen molar-refractivity contribution in [1.82, 2.24) is 4.90 Å². The Bertz CT molecular complexity index is 163. The number of likely N-dealkylation sites (tertiary alicyclic amines) is 1. The zero-order valence-corrected chi connectivity index (χ0v) is 6.51. The Morgan fingerprint density at radius 3 is 3.30 bits per heavy atom. The standard InChI is InChI=1S/C8H14N2/c1-10-5-7-3-2-4-9-8(7)6-10/h7H,2-6H2,1H3. The van der Waals surface area contributed by atoms with Gasteiger partial charge in [0.25, 0.3) is 0 Å². The van der Waals surface area contributed by atoms with Gasteiger partial charge in [0.15, 0.2) is 0 Å². The maximum absolute atomic E-state index is 4.52. The second-order valence-electron chi connectivity index (χ2n) is 3.41. The monoisotopic (exact) mass is 138 g/mol. The van der Waals surface area contributed by atoms with Gasteiger partial charge in [-0.25, -0.2) is 0 Å². The molecule has 2 rings (SSSR count). The highest BCUT2D eigenvalue weighted by molar-refractivity contribution is 5.91. The summed E-state index contributed by atoms with van der Waals surface area (Å²) < 4.78 is 0. The van der Waals surface area contributed by atoms with Crippen molar-refractivity contribution in [2.24, 2.45) is 10.9 Å². The highest BCUT2D eigenvalue weighted by atomic mass is 15.1. The van der Waals surface area contributed by atoms with E-state index in [9.17, 15) is 0 Å². The van der Waals surface area contributed by atoms with E-state index < -0.39 is 0 Å². The third-order valence-corrected chi connectivity index (χ3v) is 2.46. The van der Waals surface area contributed by atoms with Gasteiger partial charge in [-0.2, -0.15) is 0 Å². The molecule has 2 aliphatic rings. The van der Waals surface area contributed by atoms with E-state index >= 15 is 0 Å². The molecule has 2 heterocycles. The fourth-order valence-corrected chi connectivity index (χ4v) is 1.95. The molecule has 0 aromatic heterocycles. The van der Waals surface area contributed by atoms with Gasteiger partial charge in [-0.1, -0.05) is 0 Å². The maximum atomic E-state index is 4.52. The molecule has 0 N–H and O–H groups in total. The van der Waals surface area contributed by atoms with E-state index in [0.29, 0.717) is 0 Å². The van der Waals surface area contributed by atoms with Gasteiger partial charge >= 0.3 is 0 Å². The zero-order valence-electron chi connectivity index (χ0n) is 6.51. The van der Waals surface area contributed by atoms with Crippen LogP contribution < -0.4 is 0 Å². The number of nitrogens with zero attached hydrogens (tertiary/aromatic N) is 2. The van der Waals surface area contributed by atoms with Gasteiger partial charge < -0.3 is 4.90 Å². The lowest BCUT2D eigenvalue weighted by atomic mass is 9.98. The molecule has 0 radical (unpaired) electrons. The summed E-state index contributed by atoms with van der Waals surface area (Å²) in [5, 5.41) is 0. The Kier molecular flexibility index (Phi) is 1.49. The van der Waals surface area contributed by atoms with Crippen LogP contribution in [0.1, 0.15) is 12.8 Å². The lowest BCUT2D eigenvalue weighted by Gasteiger charge is -2.13. The molecule has 1 saturated heterocycles. The molecule has 1 unspecified atom stereocenters. The first-order chi connectivity index (χ1) is 4.86. The van der Waals surface area contributed by atoms with E-state index in [4.69, 9.17) is 0 Å². The summed E-state index contributed by atoms with van der Waals surface area (Å²) in [6, 6.07) is 0. The van der Waals surface area contributed by atoms with E-state index in [2.05, 4.69) is 16.9 Å². The Morgan fingerprint density at radius 2 is 2.50 bits per heavy atom. The minimum Gasteiger partial charge on any atom is -0.300 e. The molecule has 0 saturated carbocycles. The predicted octanol–water partition coefficient (Wildman–Crippen LogP) is 0.783.